The molecule has 2 aliphatic heterocycles. The first-order valence-electron chi connectivity index (χ1n) is 13.9. The molecule has 2 aromatic carbocycles. The molecule has 0 bridgehead atoms. The number of rotatable bonds is 11. The Morgan fingerprint density at radius 1 is 0.814 bits per heavy atom. The van der Waals surface area contributed by atoms with Crippen LogP contribution < -0.4 is 4.90 Å². The van der Waals surface area contributed by atoms with Crippen LogP contribution in [0.4, 0.5) is 11.4 Å². The molecule has 2 heterocycles. The summed E-state index contributed by atoms with van der Waals surface area (Å²) in [7, 11) is -8.10. The molecule has 232 valence electrons. The van der Waals surface area contributed by atoms with E-state index < -0.39 is 20.2 Å². The average molecular weight is 852 g/mol. The van der Waals surface area contributed by atoms with Gasteiger partial charge in [0.15, 0.2) is 5.71 Å². The molecule has 2 N–H and O–H groups in total. The minimum Gasteiger partial charge on any atom is -0.344 e. The third kappa shape index (κ3) is 7.98. The Morgan fingerprint density at radius 3 is 2.07 bits per heavy atom. The van der Waals surface area contributed by atoms with Crippen LogP contribution in [0, 0.1) is 7.14 Å². The number of anilines is 1. The van der Waals surface area contributed by atoms with Crippen LogP contribution in [0.25, 0.3) is 0 Å². The quantitative estimate of drug-likeness (QED) is 0.113. The fourth-order valence-corrected chi connectivity index (χ4v) is 7.92. The molecule has 2 aliphatic rings. The van der Waals surface area contributed by atoms with Gasteiger partial charge in [0.1, 0.15) is 6.54 Å². The number of benzene rings is 2. The van der Waals surface area contributed by atoms with Crippen LogP contribution >= 0.6 is 45.2 Å². The Hall–Kier alpha value is -1.59. The van der Waals surface area contributed by atoms with Crippen molar-refractivity contribution in [2.45, 2.75) is 51.4 Å². The third-order valence-corrected chi connectivity index (χ3v) is 11.0. The van der Waals surface area contributed by atoms with Gasteiger partial charge in [-0.3, -0.25) is 9.11 Å². The van der Waals surface area contributed by atoms with E-state index in [2.05, 4.69) is 119 Å². The lowest BCUT2D eigenvalue weighted by Crippen LogP contribution is -2.28. The van der Waals surface area contributed by atoms with Crippen LogP contribution in [0.2, 0.25) is 0 Å². The Balaban J connectivity index is 1.64. The van der Waals surface area contributed by atoms with Crippen molar-refractivity contribution in [1.29, 1.82) is 0 Å². The van der Waals surface area contributed by atoms with Gasteiger partial charge in [0.2, 0.25) is 5.69 Å². The first kappa shape index (κ1) is 34.3. The van der Waals surface area contributed by atoms with Crippen molar-refractivity contribution in [2.75, 3.05) is 29.5 Å². The molecule has 0 aliphatic carbocycles. The smallest absolute Gasteiger partial charge is 0.265 e. The molecule has 0 atom stereocenters. The number of hydrogen-bond donors (Lipinski definition) is 2. The Kier molecular flexibility index (Phi) is 10.4. The van der Waals surface area contributed by atoms with Crippen molar-refractivity contribution in [2.24, 2.45) is 0 Å². The molecular weight excluding hydrogens is 814 g/mol. The summed E-state index contributed by atoms with van der Waals surface area (Å²) in [5.41, 5.74) is 5.84. The van der Waals surface area contributed by atoms with Gasteiger partial charge < -0.3 is 4.90 Å². The van der Waals surface area contributed by atoms with Crippen molar-refractivity contribution in [3.05, 3.63) is 90.7 Å². The van der Waals surface area contributed by atoms with E-state index in [1.165, 1.54) is 0 Å². The molecule has 43 heavy (non-hydrogen) atoms. The summed E-state index contributed by atoms with van der Waals surface area (Å²) in [6.45, 7) is 9.52. The molecule has 12 heteroatoms. The van der Waals surface area contributed by atoms with E-state index >= 15 is 0 Å². The molecular formula is C31H37I2N2O6S2+. The maximum absolute atomic E-state index is 11.4. The predicted molar refractivity (Wildman–Crippen MR) is 190 cm³/mol. The number of nitrogens with zero attached hydrogens (tertiary/aromatic N) is 2. The maximum Gasteiger partial charge on any atom is 0.265 e. The van der Waals surface area contributed by atoms with Crippen molar-refractivity contribution in [3.63, 3.8) is 0 Å². The lowest BCUT2D eigenvalue weighted by Gasteiger charge is -2.27. The fraction of sp³-hybridized carbons (Fsp3) is 0.387. The SMILES string of the molecule is CC1(C)C(/C=C/C=C/C=C2\N(CCCS(=O)(=O)O)c3ccc(I)cc3C2(C)C)=[N+](CCCS(=O)(=O)O)c2ccc(I)cc21. The summed E-state index contributed by atoms with van der Waals surface area (Å²) >= 11 is 4.59. The van der Waals surface area contributed by atoms with Crippen LogP contribution in [-0.2, 0) is 31.1 Å². The first-order chi connectivity index (χ1) is 19.9. The Bertz CT molecular complexity index is 1760. The molecule has 0 unspecified atom stereocenters. The van der Waals surface area contributed by atoms with Crippen molar-refractivity contribution < 1.29 is 30.5 Å². The second kappa shape index (κ2) is 13.0. The minimum atomic E-state index is -4.05. The van der Waals surface area contributed by atoms with E-state index in [9.17, 15) is 25.9 Å². The van der Waals surface area contributed by atoms with Gasteiger partial charge in [0, 0.05) is 54.6 Å². The summed E-state index contributed by atoms with van der Waals surface area (Å²) in [6.07, 6.45) is 10.6. The standard InChI is InChI=1S/C31H36I2N2O6S2/c1-30(2)24-20-22(32)12-14-26(24)34(16-8-18-42(36,37)38)28(30)10-6-5-7-11-29-31(3,4)25-21-23(33)13-15-27(25)35(29)17-9-19-43(39,40)41/h5-7,10-15,20-21H,8-9,16-19H2,1-4H3,(H-,36,37,38,39,40,41)/p+1. The molecule has 0 saturated heterocycles. The number of halogens is 2. The van der Waals surface area contributed by atoms with Crippen LogP contribution in [0.15, 0.2) is 72.5 Å². The molecule has 4 rings (SSSR count). The van der Waals surface area contributed by atoms with Gasteiger partial charge in [-0.15, -0.1) is 0 Å². The largest absolute Gasteiger partial charge is 0.344 e. The zero-order valence-electron chi connectivity index (χ0n) is 24.6. The van der Waals surface area contributed by atoms with E-state index in [-0.39, 0.29) is 22.3 Å². The second-order valence-electron chi connectivity index (χ2n) is 11.8. The van der Waals surface area contributed by atoms with Crippen LogP contribution in [0.5, 0.6) is 0 Å². The third-order valence-electron chi connectivity index (χ3n) is 8.01. The molecule has 0 spiro atoms. The van der Waals surface area contributed by atoms with E-state index in [1.54, 1.807) is 0 Å². The predicted octanol–water partition coefficient (Wildman–Crippen LogP) is 6.62. The summed E-state index contributed by atoms with van der Waals surface area (Å²) < 4.78 is 68.4. The molecule has 0 aromatic heterocycles. The molecule has 8 nitrogen and oxygen atoms in total. The van der Waals surface area contributed by atoms with E-state index in [4.69, 9.17) is 0 Å². The lowest BCUT2D eigenvalue weighted by molar-refractivity contribution is -0.437. The monoisotopic (exact) mass is 851 g/mol. The number of fused-ring (bicyclic) bond motifs is 2. The zero-order valence-corrected chi connectivity index (χ0v) is 30.5. The van der Waals surface area contributed by atoms with Gasteiger partial charge in [0.05, 0.1) is 16.9 Å². The fourth-order valence-electron chi connectivity index (χ4n) is 5.94. The Labute approximate surface area is 282 Å². The maximum atomic E-state index is 11.4. The second-order valence-corrected chi connectivity index (χ2v) is 17.5. The summed E-state index contributed by atoms with van der Waals surface area (Å²) in [4.78, 5) is 2.13. The topological polar surface area (TPSA) is 115 Å². The number of allylic oxidation sites excluding steroid dienone is 6. The zero-order chi connectivity index (χ0) is 31.8. The minimum absolute atomic E-state index is 0.293. The highest BCUT2D eigenvalue weighted by Crippen LogP contribution is 2.48. The van der Waals surface area contributed by atoms with Gasteiger partial charge >= 0.3 is 0 Å². The van der Waals surface area contributed by atoms with Crippen LogP contribution in [0.3, 0.4) is 0 Å². The molecule has 0 radical (unpaired) electrons. The van der Waals surface area contributed by atoms with E-state index in [0.29, 0.717) is 25.9 Å². The van der Waals surface area contributed by atoms with Crippen LogP contribution in [0.1, 0.15) is 51.7 Å². The van der Waals surface area contributed by atoms with Gasteiger partial charge in [-0.05, 0) is 107 Å². The van der Waals surface area contributed by atoms with Crippen molar-refractivity contribution in [3.8, 4) is 0 Å². The van der Waals surface area contributed by atoms with E-state index in [1.807, 2.05) is 30.4 Å². The van der Waals surface area contributed by atoms with Gasteiger partial charge in [0.25, 0.3) is 20.2 Å². The van der Waals surface area contributed by atoms with E-state index in [0.717, 1.165) is 41.1 Å². The van der Waals surface area contributed by atoms with Crippen molar-refractivity contribution in [1.82, 2.24) is 0 Å². The molecule has 0 fully saturated rings. The lowest BCUT2D eigenvalue weighted by atomic mass is 9.81. The molecule has 0 amide bonds. The summed E-state index contributed by atoms with van der Waals surface area (Å²) in [6, 6.07) is 12.5. The Morgan fingerprint density at radius 2 is 1.42 bits per heavy atom. The molecule has 0 saturated carbocycles. The molecule has 2 aromatic rings. The van der Waals surface area contributed by atoms with Crippen LogP contribution in [-0.4, -0.2) is 60.8 Å². The normalized spacial score (nSPS) is 18.8. The highest BCUT2D eigenvalue weighted by molar-refractivity contribution is 14.1. The average Bonchev–Trinajstić information content (AvgIpc) is 3.21. The summed E-state index contributed by atoms with van der Waals surface area (Å²) in [5, 5.41) is 0. The number of hydrogen-bond acceptors (Lipinski definition) is 5. The van der Waals surface area contributed by atoms with Gasteiger partial charge in [-0.2, -0.15) is 21.4 Å². The highest BCUT2D eigenvalue weighted by Gasteiger charge is 2.44. The summed E-state index contributed by atoms with van der Waals surface area (Å²) in [5.74, 6) is -0.599. The van der Waals surface area contributed by atoms with Crippen molar-refractivity contribution >= 4 is 82.5 Å². The van der Waals surface area contributed by atoms with Gasteiger partial charge in [-0.25, -0.2) is 0 Å². The van der Waals surface area contributed by atoms with Gasteiger partial charge in [-0.1, -0.05) is 32.1 Å². The highest BCUT2D eigenvalue weighted by atomic mass is 127. The first-order valence-corrected chi connectivity index (χ1v) is 19.3.